The van der Waals surface area contributed by atoms with E-state index in [9.17, 15) is 13.2 Å². The lowest BCUT2D eigenvalue weighted by Crippen LogP contribution is -2.05. The van der Waals surface area contributed by atoms with Gasteiger partial charge in [-0.15, -0.1) is 0 Å². The Morgan fingerprint density at radius 1 is 0.941 bits per heavy atom. The first-order valence-electron chi connectivity index (χ1n) is 4.76. The first-order valence-corrected chi connectivity index (χ1v) is 4.76. The van der Waals surface area contributed by atoms with Crippen LogP contribution in [0.1, 0.15) is 0 Å². The highest BCUT2D eigenvalue weighted by Crippen LogP contribution is 2.35. The summed E-state index contributed by atoms with van der Waals surface area (Å²) in [6, 6.07) is 0.397. The fourth-order valence-electron chi connectivity index (χ4n) is 1.10. The third kappa shape index (κ3) is 3.03. The van der Waals surface area contributed by atoms with Gasteiger partial charge in [0.25, 0.3) is 0 Å². The van der Waals surface area contributed by atoms with Gasteiger partial charge in [-0.1, -0.05) is 25.3 Å². The van der Waals surface area contributed by atoms with Crippen molar-refractivity contribution in [2.45, 2.75) is 0 Å². The van der Waals surface area contributed by atoms with Crippen molar-refractivity contribution in [3.05, 3.63) is 48.8 Å². The molecule has 0 radical (unpaired) electrons. The van der Waals surface area contributed by atoms with Crippen LogP contribution in [0.3, 0.4) is 0 Å². The van der Waals surface area contributed by atoms with Gasteiger partial charge in [0.1, 0.15) is 13.2 Å². The first kappa shape index (κ1) is 13.2. The van der Waals surface area contributed by atoms with Gasteiger partial charge in [0.05, 0.1) is 0 Å². The van der Waals surface area contributed by atoms with Crippen molar-refractivity contribution in [2.24, 2.45) is 0 Å². The van der Waals surface area contributed by atoms with Gasteiger partial charge in [-0.05, 0) is 0 Å². The second-order valence-corrected chi connectivity index (χ2v) is 3.01. The van der Waals surface area contributed by atoms with Gasteiger partial charge >= 0.3 is 0 Å². The largest absolute Gasteiger partial charge is 0.483 e. The van der Waals surface area contributed by atoms with Crippen LogP contribution < -0.4 is 9.47 Å². The molecule has 0 unspecified atom stereocenters. The van der Waals surface area contributed by atoms with E-state index in [1.54, 1.807) is 0 Å². The van der Waals surface area contributed by atoms with Crippen molar-refractivity contribution < 1.29 is 22.6 Å². The molecule has 0 saturated carbocycles. The molecule has 0 aliphatic carbocycles. The Morgan fingerprint density at radius 2 is 1.47 bits per heavy atom. The SMILES string of the molecule is C=CCOc1c(F)cc(F)c(F)c1OCC=C. The summed E-state index contributed by atoms with van der Waals surface area (Å²) in [7, 11) is 0. The van der Waals surface area contributed by atoms with Crippen LogP contribution in [0.15, 0.2) is 31.4 Å². The zero-order chi connectivity index (χ0) is 12.8. The molecular weight excluding hydrogens is 233 g/mol. The molecule has 0 N–H and O–H groups in total. The van der Waals surface area contributed by atoms with Crippen molar-refractivity contribution in [3.63, 3.8) is 0 Å². The monoisotopic (exact) mass is 244 g/mol. The number of halogens is 3. The first-order chi connectivity index (χ1) is 8.11. The molecule has 0 bridgehead atoms. The van der Waals surface area contributed by atoms with Crippen LogP contribution in [0, 0.1) is 17.5 Å². The predicted octanol–water partition coefficient (Wildman–Crippen LogP) is 3.23. The lowest BCUT2D eigenvalue weighted by atomic mass is 10.2. The van der Waals surface area contributed by atoms with E-state index in [4.69, 9.17) is 9.47 Å². The number of ether oxygens (including phenoxy) is 2. The molecule has 1 rings (SSSR count). The summed E-state index contributed by atoms with van der Waals surface area (Å²) in [5.74, 6) is -4.76. The molecule has 0 fully saturated rings. The number of rotatable bonds is 6. The van der Waals surface area contributed by atoms with E-state index in [1.807, 2.05) is 0 Å². The average molecular weight is 244 g/mol. The summed E-state index contributed by atoms with van der Waals surface area (Å²) < 4.78 is 49.5. The fraction of sp³-hybridized carbons (Fsp3) is 0.167. The van der Waals surface area contributed by atoms with Crippen molar-refractivity contribution in [1.29, 1.82) is 0 Å². The topological polar surface area (TPSA) is 18.5 Å². The molecule has 0 heterocycles. The molecule has 0 aliphatic rings. The Balaban J connectivity index is 3.17. The van der Waals surface area contributed by atoms with Crippen LogP contribution in [0.4, 0.5) is 13.2 Å². The minimum absolute atomic E-state index is 0.0492. The zero-order valence-corrected chi connectivity index (χ0v) is 9.01. The van der Waals surface area contributed by atoms with E-state index >= 15 is 0 Å². The van der Waals surface area contributed by atoms with E-state index in [0.717, 1.165) is 0 Å². The highest BCUT2D eigenvalue weighted by molar-refractivity contribution is 5.43. The lowest BCUT2D eigenvalue weighted by Gasteiger charge is -2.12. The Morgan fingerprint density at radius 3 is 2.00 bits per heavy atom. The number of hydrogen-bond donors (Lipinski definition) is 0. The van der Waals surface area contributed by atoms with E-state index in [0.29, 0.717) is 6.07 Å². The Bertz CT molecular complexity index is 430. The second-order valence-electron chi connectivity index (χ2n) is 3.01. The Hall–Kier alpha value is -1.91. The second kappa shape index (κ2) is 5.98. The minimum Gasteiger partial charge on any atom is -0.483 e. The highest BCUT2D eigenvalue weighted by Gasteiger charge is 2.21. The van der Waals surface area contributed by atoms with E-state index in [1.165, 1.54) is 12.2 Å². The maximum absolute atomic E-state index is 13.4. The van der Waals surface area contributed by atoms with Gasteiger partial charge in [0.15, 0.2) is 11.6 Å². The normalized spacial score (nSPS) is 9.82. The predicted molar refractivity (Wildman–Crippen MR) is 57.7 cm³/mol. The van der Waals surface area contributed by atoms with E-state index in [-0.39, 0.29) is 13.2 Å². The van der Waals surface area contributed by atoms with Crippen molar-refractivity contribution >= 4 is 0 Å². The molecule has 2 nitrogen and oxygen atoms in total. The smallest absolute Gasteiger partial charge is 0.204 e. The maximum Gasteiger partial charge on any atom is 0.204 e. The maximum atomic E-state index is 13.4. The molecule has 0 spiro atoms. The third-order valence-electron chi connectivity index (χ3n) is 1.78. The number of hydrogen-bond acceptors (Lipinski definition) is 2. The quantitative estimate of drug-likeness (QED) is 0.565. The van der Waals surface area contributed by atoms with E-state index in [2.05, 4.69) is 13.2 Å². The highest BCUT2D eigenvalue weighted by atomic mass is 19.2. The average Bonchev–Trinajstić information content (AvgIpc) is 2.30. The van der Waals surface area contributed by atoms with Crippen LogP contribution in [-0.2, 0) is 0 Å². The molecule has 1 aromatic rings. The van der Waals surface area contributed by atoms with Gasteiger partial charge in [0.2, 0.25) is 17.3 Å². The molecule has 0 saturated heterocycles. The molecule has 1 aromatic carbocycles. The van der Waals surface area contributed by atoms with Crippen LogP contribution in [0.25, 0.3) is 0 Å². The third-order valence-corrected chi connectivity index (χ3v) is 1.78. The molecule has 0 aliphatic heterocycles. The lowest BCUT2D eigenvalue weighted by molar-refractivity contribution is 0.276. The summed E-state index contributed by atoms with van der Waals surface area (Å²) in [5.41, 5.74) is 0. The Labute approximate surface area is 97.0 Å². The summed E-state index contributed by atoms with van der Waals surface area (Å²) in [5, 5.41) is 0. The van der Waals surface area contributed by atoms with Gasteiger partial charge in [0, 0.05) is 6.07 Å². The molecule has 0 atom stereocenters. The Kier molecular flexibility index (Phi) is 4.63. The van der Waals surface area contributed by atoms with Gasteiger partial charge < -0.3 is 9.47 Å². The minimum atomic E-state index is -1.34. The van der Waals surface area contributed by atoms with Crippen LogP contribution in [0.2, 0.25) is 0 Å². The van der Waals surface area contributed by atoms with E-state index < -0.39 is 29.0 Å². The summed E-state index contributed by atoms with van der Waals surface area (Å²) in [6.45, 7) is 6.57. The summed E-state index contributed by atoms with van der Waals surface area (Å²) in [6.07, 6.45) is 2.66. The van der Waals surface area contributed by atoms with Gasteiger partial charge in [-0.25, -0.2) is 8.78 Å². The van der Waals surface area contributed by atoms with Crippen LogP contribution >= 0.6 is 0 Å². The molecule has 5 heteroatoms. The van der Waals surface area contributed by atoms with Crippen LogP contribution in [0.5, 0.6) is 11.5 Å². The molecular formula is C12H11F3O2. The van der Waals surface area contributed by atoms with Crippen molar-refractivity contribution in [2.75, 3.05) is 13.2 Å². The van der Waals surface area contributed by atoms with Gasteiger partial charge in [-0.3, -0.25) is 0 Å². The van der Waals surface area contributed by atoms with Crippen molar-refractivity contribution in [3.8, 4) is 11.5 Å². The molecule has 0 amide bonds. The summed E-state index contributed by atoms with van der Waals surface area (Å²) in [4.78, 5) is 0. The van der Waals surface area contributed by atoms with Crippen molar-refractivity contribution in [1.82, 2.24) is 0 Å². The molecule has 17 heavy (non-hydrogen) atoms. The fourth-order valence-corrected chi connectivity index (χ4v) is 1.10. The zero-order valence-electron chi connectivity index (χ0n) is 9.01. The molecule has 0 aromatic heterocycles. The van der Waals surface area contributed by atoms with Gasteiger partial charge in [-0.2, -0.15) is 4.39 Å². The van der Waals surface area contributed by atoms with Crippen LogP contribution in [-0.4, -0.2) is 13.2 Å². The number of benzene rings is 1. The summed E-state index contributed by atoms with van der Waals surface area (Å²) >= 11 is 0. The molecule has 92 valence electrons. The standard InChI is InChI=1S/C12H11F3O2/c1-3-5-16-11-9(14)7-8(13)10(15)12(11)17-6-4-2/h3-4,7H,1-2,5-6H2.